The van der Waals surface area contributed by atoms with E-state index in [1.165, 1.54) is 24.3 Å². The predicted octanol–water partition coefficient (Wildman–Crippen LogP) is 5.12. The molecular weight excluding hydrogens is 444 g/mol. The van der Waals surface area contributed by atoms with E-state index in [1.807, 2.05) is 13.8 Å². The van der Waals surface area contributed by atoms with E-state index >= 15 is 0 Å². The number of anilines is 1. The molecule has 1 unspecified atom stereocenters. The van der Waals surface area contributed by atoms with Gasteiger partial charge >= 0.3 is 0 Å². The first-order valence-electron chi connectivity index (χ1n) is 10.7. The Balaban J connectivity index is 1.81. The summed E-state index contributed by atoms with van der Waals surface area (Å²) in [7, 11) is 0. The molecule has 1 atom stereocenters. The maximum atomic E-state index is 14.2. The molecule has 0 bridgehead atoms. The Morgan fingerprint density at radius 2 is 1.82 bits per heavy atom. The van der Waals surface area contributed by atoms with Gasteiger partial charge in [0.15, 0.2) is 5.78 Å². The third-order valence-electron chi connectivity index (χ3n) is 6.10. The monoisotopic (exact) mass is 467 g/mol. The Bertz CT molecular complexity index is 1280. The van der Waals surface area contributed by atoms with Crippen molar-refractivity contribution in [1.82, 2.24) is 5.32 Å². The summed E-state index contributed by atoms with van der Waals surface area (Å²) < 4.78 is 27.5. The van der Waals surface area contributed by atoms with E-state index < -0.39 is 28.4 Å². The van der Waals surface area contributed by atoms with Crippen LogP contribution in [0.5, 0.6) is 0 Å². The molecule has 34 heavy (non-hydrogen) atoms. The lowest BCUT2D eigenvalue weighted by Crippen LogP contribution is -2.39. The molecule has 0 radical (unpaired) electrons. The molecule has 1 amide bonds. The number of rotatable bonds is 4. The smallest absolute Gasteiger partial charge is 0.269 e. The number of allylic oxidation sites excluding steroid dienone is 3. The highest BCUT2D eigenvalue weighted by atomic mass is 19.1. The van der Waals surface area contributed by atoms with Crippen molar-refractivity contribution in [3.8, 4) is 0 Å². The highest BCUT2D eigenvalue weighted by Crippen LogP contribution is 2.47. The Hall–Kier alpha value is -3.88. The first-order chi connectivity index (χ1) is 16.0. The van der Waals surface area contributed by atoms with Gasteiger partial charge in [-0.05, 0) is 36.5 Å². The summed E-state index contributed by atoms with van der Waals surface area (Å²) in [5.74, 6) is -3.31. The number of nitrogens with one attached hydrogen (secondary N) is 2. The van der Waals surface area contributed by atoms with Crippen LogP contribution in [0.2, 0.25) is 0 Å². The van der Waals surface area contributed by atoms with Gasteiger partial charge in [-0.25, -0.2) is 8.78 Å². The van der Waals surface area contributed by atoms with Crippen LogP contribution in [-0.4, -0.2) is 16.6 Å². The van der Waals surface area contributed by atoms with Crippen LogP contribution in [0.15, 0.2) is 65.0 Å². The van der Waals surface area contributed by atoms with Crippen LogP contribution in [0.3, 0.4) is 0 Å². The number of hydrogen-bond acceptors (Lipinski definition) is 5. The van der Waals surface area contributed by atoms with E-state index in [4.69, 9.17) is 0 Å². The van der Waals surface area contributed by atoms with Crippen LogP contribution in [0.4, 0.5) is 20.2 Å². The van der Waals surface area contributed by atoms with Crippen molar-refractivity contribution in [2.24, 2.45) is 5.41 Å². The Kier molecular flexibility index (Phi) is 5.80. The van der Waals surface area contributed by atoms with Crippen molar-refractivity contribution in [2.45, 2.75) is 39.5 Å². The summed E-state index contributed by atoms with van der Waals surface area (Å²) in [6.45, 7) is 5.65. The summed E-state index contributed by atoms with van der Waals surface area (Å²) in [5, 5.41) is 16.8. The molecular formula is C25H23F2N3O4. The fraction of sp³-hybridized carbons (Fsp3) is 0.280. The number of nitrogens with zero attached hydrogens (tertiary/aromatic N) is 1. The lowest BCUT2D eigenvalue weighted by atomic mass is 9.68. The fourth-order valence-electron chi connectivity index (χ4n) is 4.64. The molecule has 0 saturated carbocycles. The highest BCUT2D eigenvalue weighted by molar-refractivity contribution is 6.10. The van der Waals surface area contributed by atoms with Crippen molar-refractivity contribution in [2.75, 3.05) is 5.32 Å². The number of carbonyl (C=O) groups is 2. The SMILES string of the molecule is CC1=C(C(=O)Nc2ccc(F)cc2F)C(c2ccc([N+](=O)[O-])cc2)C2=C(CC(C)(C)CC2=O)N1. The lowest BCUT2D eigenvalue weighted by Gasteiger charge is -2.39. The van der Waals surface area contributed by atoms with Gasteiger partial charge in [0, 0.05) is 53.1 Å². The lowest BCUT2D eigenvalue weighted by molar-refractivity contribution is -0.384. The largest absolute Gasteiger partial charge is 0.362 e. The number of hydrogen-bond donors (Lipinski definition) is 2. The third-order valence-corrected chi connectivity index (χ3v) is 6.10. The molecule has 2 aliphatic rings. The quantitative estimate of drug-likeness (QED) is 0.480. The maximum absolute atomic E-state index is 14.2. The number of dihydropyridines is 1. The standard InChI is InChI=1S/C25H23F2N3O4/c1-13-21(24(32)29-18-9-6-15(26)10-17(18)27)22(14-4-7-16(8-5-14)30(33)34)23-19(28-13)11-25(2,3)12-20(23)31/h4-10,22,28H,11-12H2,1-3H3,(H,29,32). The number of nitro groups is 1. The van der Waals surface area contributed by atoms with Crippen LogP contribution in [0.1, 0.15) is 45.1 Å². The van der Waals surface area contributed by atoms with E-state index in [9.17, 15) is 28.5 Å². The van der Waals surface area contributed by atoms with Crippen molar-refractivity contribution in [3.63, 3.8) is 0 Å². The van der Waals surface area contributed by atoms with Gasteiger partial charge in [-0.15, -0.1) is 0 Å². The fourth-order valence-corrected chi connectivity index (χ4v) is 4.64. The Morgan fingerprint density at radius 3 is 2.44 bits per heavy atom. The Labute approximate surface area is 194 Å². The highest BCUT2D eigenvalue weighted by Gasteiger charge is 2.42. The average Bonchev–Trinajstić information content (AvgIpc) is 2.73. The van der Waals surface area contributed by atoms with Crippen molar-refractivity contribution >= 4 is 23.1 Å². The normalized spacial score (nSPS) is 19.4. The second kappa shape index (κ2) is 8.48. The molecule has 0 saturated heterocycles. The van der Waals surface area contributed by atoms with Gasteiger partial charge in [0.2, 0.25) is 0 Å². The Morgan fingerprint density at radius 1 is 1.15 bits per heavy atom. The second-order valence-electron chi connectivity index (χ2n) is 9.36. The molecule has 0 aromatic heterocycles. The zero-order valence-corrected chi connectivity index (χ0v) is 18.9. The first kappa shape index (κ1) is 23.3. The van der Waals surface area contributed by atoms with Crippen LogP contribution in [0, 0.1) is 27.2 Å². The summed E-state index contributed by atoms with van der Waals surface area (Å²) in [6.07, 6.45) is 0.855. The second-order valence-corrected chi connectivity index (χ2v) is 9.36. The number of amides is 1. The van der Waals surface area contributed by atoms with Crippen LogP contribution < -0.4 is 10.6 Å². The first-order valence-corrected chi connectivity index (χ1v) is 10.7. The number of nitro benzene ring substituents is 1. The zero-order valence-electron chi connectivity index (χ0n) is 18.9. The van der Waals surface area contributed by atoms with Gasteiger partial charge in [0.25, 0.3) is 11.6 Å². The maximum Gasteiger partial charge on any atom is 0.269 e. The number of ketones is 1. The van der Waals surface area contributed by atoms with Crippen LogP contribution >= 0.6 is 0 Å². The van der Waals surface area contributed by atoms with Crippen LogP contribution in [-0.2, 0) is 9.59 Å². The van der Waals surface area contributed by atoms with Gasteiger partial charge in [-0.1, -0.05) is 26.0 Å². The average molecular weight is 467 g/mol. The number of benzene rings is 2. The van der Waals surface area contributed by atoms with E-state index in [1.54, 1.807) is 6.92 Å². The van der Waals surface area contributed by atoms with Gasteiger partial charge in [-0.2, -0.15) is 0 Å². The summed E-state index contributed by atoms with van der Waals surface area (Å²) in [4.78, 5) is 37.2. The molecule has 1 aliphatic carbocycles. The van der Waals surface area contributed by atoms with E-state index in [0.29, 0.717) is 35.0 Å². The van der Waals surface area contributed by atoms with Crippen LogP contribution in [0.25, 0.3) is 0 Å². The van der Waals surface area contributed by atoms with Gasteiger partial charge in [-0.3, -0.25) is 19.7 Å². The molecule has 2 N–H and O–H groups in total. The molecule has 176 valence electrons. The molecule has 0 fully saturated rings. The van der Waals surface area contributed by atoms with Crippen molar-refractivity contribution in [1.29, 1.82) is 0 Å². The summed E-state index contributed by atoms with van der Waals surface area (Å²) in [5.41, 5.74) is 1.71. The van der Waals surface area contributed by atoms with Crippen molar-refractivity contribution in [3.05, 3.63) is 92.3 Å². The summed E-state index contributed by atoms with van der Waals surface area (Å²) >= 11 is 0. The van der Waals surface area contributed by atoms with Gasteiger partial charge in [0.05, 0.1) is 10.6 Å². The molecule has 1 heterocycles. The molecule has 4 rings (SSSR count). The van der Waals surface area contributed by atoms with E-state index in [-0.39, 0.29) is 34.6 Å². The van der Waals surface area contributed by atoms with Gasteiger partial charge < -0.3 is 10.6 Å². The van der Waals surface area contributed by atoms with E-state index in [0.717, 1.165) is 12.1 Å². The third kappa shape index (κ3) is 4.33. The molecule has 2 aromatic carbocycles. The number of carbonyl (C=O) groups excluding carboxylic acids is 2. The molecule has 0 spiro atoms. The molecule has 1 aliphatic heterocycles. The predicted molar refractivity (Wildman–Crippen MR) is 122 cm³/mol. The molecule has 2 aromatic rings. The molecule has 7 nitrogen and oxygen atoms in total. The van der Waals surface area contributed by atoms with Gasteiger partial charge in [0.1, 0.15) is 11.6 Å². The zero-order chi connectivity index (χ0) is 24.8. The summed E-state index contributed by atoms with van der Waals surface area (Å²) in [6, 6.07) is 8.49. The minimum Gasteiger partial charge on any atom is -0.362 e. The number of non-ortho nitro benzene ring substituents is 1. The van der Waals surface area contributed by atoms with E-state index in [2.05, 4.69) is 10.6 Å². The number of Topliss-reactive ketones (excluding diaryl/α,β-unsaturated/α-hetero) is 1. The minimum atomic E-state index is -0.933. The molecule has 9 heteroatoms. The number of halogens is 2. The van der Waals surface area contributed by atoms with Crippen molar-refractivity contribution < 1.29 is 23.3 Å². The topological polar surface area (TPSA) is 101 Å². The minimum absolute atomic E-state index is 0.122.